The van der Waals surface area contributed by atoms with Crippen molar-refractivity contribution in [3.05, 3.63) is 59.4 Å². The molecule has 0 fully saturated rings. The molecule has 100 valence electrons. The average molecular weight is 256 g/mol. The first-order valence-corrected chi connectivity index (χ1v) is 6.51. The molecule has 1 aromatic heterocycles. The first kappa shape index (κ1) is 13.6. The number of pyridine rings is 1. The molecule has 19 heavy (non-hydrogen) atoms. The van der Waals surface area contributed by atoms with E-state index in [4.69, 9.17) is 4.74 Å². The molecule has 0 amide bonds. The van der Waals surface area contributed by atoms with Crippen LogP contribution in [0.25, 0.3) is 0 Å². The van der Waals surface area contributed by atoms with Gasteiger partial charge in [-0.25, -0.2) is 0 Å². The summed E-state index contributed by atoms with van der Waals surface area (Å²) in [5, 5.41) is 3.24. The van der Waals surface area contributed by atoms with Crippen molar-refractivity contribution in [2.24, 2.45) is 0 Å². The van der Waals surface area contributed by atoms with Gasteiger partial charge < -0.3 is 10.1 Å². The SMILES string of the molecule is CNC(C)c1ccc(C)cc1OCc1ccccn1. The smallest absolute Gasteiger partial charge is 0.130 e. The van der Waals surface area contributed by atoms with Gasteiger partial charge in [-0.2, -0.15) is 0 Å². The Morgan fingerprint density at radius 1 is 1.26 bits per heavy atom. The van der Waals surface area contributed by atoms with Gasteiger partial charge in [-0.3, -0.25) is 4.98 Å². The van der Waals surface area contributed by atoms with E-state index in [1.807, 2.05) is 25.2 Å². The predicted octanol–water partition coefficient (Wildman–Crippen LogP) is 3.25. The molecule has 1 heterocycles. The fraction of sp³-hybridized carbons (Fsp3) is 0.312. The van der Waals surface area contributed by atoms with Gasteiger partial charge in [0.15, 0.2) is 0 Å². The Bertz CT molecular complexity index is 526. The zero-order valence-electron chi connectivity index (χ0n) is 11.7. The van der Waals surface area contributed by atoms with Gasteiger partial charge in [-0.1, -0.05) is 18.2 Å². The maximum Gasteiger partial charge on any atom is 0.130 e. The van der Waals surface area contributed by atoms with E-state index in [2.05, 4.69) is 42.3 Å². The third-order valence-electron chi connectivity index (χ3n) is 3.17. The van der Waals surface area contributed by atoms with Crippen LogP contribution in [0.1, 0.15) is 29.8 Å². The number of rotatable bonds is 5. The molecular formula is C16H20N2O. The Labute approximate surface area is 114 Å². The van der Waals surface area contributed by atoms with E-state index < -0.39 is 0 Å². The van der Waals surface area contributed by atoms with Crippen molar-refractivity contribution in [1.82, 2.24) is 10.3 Å². The molecule has 0 bridgehead atoms. The number of aryl methyl sites for hydroxylation is 1. The quantitative estimate of drug-likeness (QED) is 0.891. The summed E-state index contributed by atoms with van der Waals surface area (Å²) in [6.07, 6.45) is 1.78. The fourth-order valence-electron chi connectivity index (χ4n) is 1.92. The van der Waals surface area contributed by atoms with Gasteiger partial charge in [0.05, 0.1) is 5.69 Å². The Balaban J connectivity index is 2.16. The van der Waals surface area contributed by atoms with Crippen LogP contribution in [0.3, 0.4) is 0 Å². The molecule has 0 radical (unpaired) electrons. The number of nitrogens with one attached hydrogen (secondary N) is 1. The number of hydrogen-bond acceptors (Lipinski definition) is 3. The zero-order valence-corrected chi connectivity index (χ0v) is 11.7. The maximum atomic E-state index is 5.92. The van der Waals surface area contributed by atoms with E-state index in [1.165, 1.54) is 11.1 Å². The van der Waals surface area contributed by atoms with Gasteiger partial charge in [0.25, 0.3) is 0 Å². The van der Waals surface area contributed by atoms with Gasteiger partial charge >= 0.3 is 0 Å². The van der Waals surface area contributed by atoms with Crippen LogP contribution < -0.4 is 10.1 Å². The second kappa shape index (κ2) is 6.34. The van der Waals surface area contributed by atoms with Gasteiger partial charge in [0.1, 0.15) is 12.4 Å². The number of hydrogen-bond donors (Lipinski definition) is 1. The van der Waals surface area contributed by atoms with Crippen LogP contribution in [0.2, 0.25) is 0 Å². The van der Waals surface area contributed by atoms with Crippen molar-refractivity contribution < 1.29 is 4.74 Å². The summed E-state index contributed by atoms with van der Waals surface area (Å²) in [7, 11) is 1.95. The molecule has 0 aliphatic heterocycles. The highest BCUT2D eigenvalue weighted by molar-refractivity contribution is 5.39. The van der Waals surface area contributed by atoms with Crippen molar-refractivity contribution >= 4 is 0 Å². The molecule has 3 nitrogen and oxygen atoms in total. The van der Waals surface area contributed by atoms with Crippen LogP contribution in [0.15, 0.2) is 42.6 Å². The minimum atomic E-state index is 0.263. The molecule has 0 saturated carbocycles. The van der Waals surface area contributed by atoms with Crippen molar-refractivity contribution in [3.63, 3.8) is 0 Å². The van der Waals surface area contributed by atoms with Gasteiger partial charge in [-0.15, -0.1) is 0 Å². The average Bonchev–Trinajstić information content (AvgIpc) is 2.45. The van der Waals surface area contributed by atoms with E-state index in [0.717, 1.165) is 11.4 Å². The Kier molecular flexibility index (Phi) is 4.53. The lowest BCUT2D eigenvalue weighted by atomic mass is 10.1. The maximum absolute atomic E-state index is 5.92. The van der Waals surface area contributed by atoms with Crippen LogP contribution in [-0.2, 0) is 6.61 Å². The molecule has 0 saturated heterocycles. The highest BCUT2D eigenvalue weighted by Crippen LogP contribution is 2.26. The lowest BCUT2D eigenvalue weighted by Gasteiger charge is -2.17. The summed E-state index contributed by atoms with van der Waals surface area (Å²) in [6.45, 7) is 4.69. The minimum absolute atomic E-state index is 0.263. The molecule has 1 unspecified atom stereocenters. The van der Waals surface area contributed by atoms with Gasteiger partial charge in [0.2, 0.25) is 0 Å². The lowest BCUT2D eigenvalue weighted by Crippen LogP contribution is -2.14. The van der Waals surface area contributed by atoms with E-state index in [0.29, 0.717) is 6.61 Å². The molecule has 2 rings (SSSR count). The van der Waals surface area contributed by atoms with Crippen LogP contribution in [-0.4, -0.2) is 12.0 Å². The number of benzene rings is 1. The molecule has 1 atom stereocenters. The second-order valence-corrected chi connectivity index (χ2v) is 4.66. The molecule has 1 N–H and O–H groups in total. The molecule has 0 spiro atoms. The monoisotopic (exact) mass is 256 g/mol. The zero-order chi connectivity index (χ0) is 13.7. The minimum Gasteiger partial charge on any atom is -0.487 e. The van der Waals surface area contributed by atoms with E-state index in [1.54, 1.807) is 6.20 Å². The van der Waals surface area contributed by atoms with Crippen LogP contribution in [0, 0.1) is 6.92 Å². The Morgan fingerprint density at radius 3 is 2.79 bits per heavy atom. The Morgan fingerprint density at radius 2 is 2.11 bits per heavy atom. The molecule has 0 aliphatic carbocycles. The number of ether oxygens (including phenoxy) is 1. The van der Waals surface area contributed by atoms with Crippen LogP contribution >= 0.6 is 0 Å². The van der Waals surface area contributed by atoms with Crippen molar-refractivity contribution in [2.75, 3.05) is 7.05 Å². The Hall–Kier alpha value is -1.87. The molecule has 1 aromatic carbocycles. The number of nitrogens with zero attached hydrogens (tertiary/aromatic N) is 1. The topological polar surface area (TPSA) is 34.1 Å². The number of aromatic nitrogens is 1. The third kappa shape index (κ3) is 3.55. The van der Waals surface area contributed by atoms with Gasteiger partial charge in [-0.05, 0) is 44.7 Å². The van der Waals surface area contributed by atoms with Crippen LogP contribution in [0.5, 0.6) is 5.75 Å². The van der Waals surface area contributed by atoms with Gasteiger partial charge in [0, 0.05) is 17.8 Å². The summed E-state index contributed by atoms with van der Waals surface area (Å²) in [5.41, 5.74) is 3.30. The molecule has 0 aliphatic rings. The van der Waals surface area contributed by atoms with Crippen molar-refractivity contribution in [2.45, 2.75) is 26.5 Å². The van der Waals surface area contributed by atoms with Crippen molar-refractivity contribution in [3.8, 4) is 5.75 Å². The third-order valence-corrected chi connectivity index (χ3v) is 3.17. The predicted molar refractivity (Wildman–Crippen MR) is 77.2 cm³/mol. The first-order chi connectivity index (χ1) is 9.20. The fourth-order valence-corrected chi connectivity index (χ4v) is 1.92. The van der Waals surface area contributed by atoms with E-state index in [9.17, 15) is 0 Å². The summed E-state index contributed by atoms with van der Waals surface area (Å²) in [6, 6.07) is 12.4. The summed E-state index contributed by atoms with van der Waals surface area (Å²) in [5.74, 6) is 0.924. The largest absolute Gasteiger partial charge is 0.487 e. The highest BCUT2D eigenvalue weighted by Gasteiger charge is 2.10. The van der Waals surface area contributed by atoms with E-state index >= 15 is 0 Å². The second-order valence-electron chi connectivity index (χ2n) is 4.66. The van der Waals surface area contributed by atoms with Crippen molar-refractivity contribution in [1.29, 1.82) is 0 Å². The normalized spacial score (nSPS) is 12.2. The highest BCUT2D eigenvalue weighted by atomic mass is 16.5. The molecule has 2 aromatic rings. The van der Waals surface area contributed by atoms with Crippen LogP contribution in [0.4, 0.5) is 0 Å². The summed E-state index contributed by atoms with van der Waals surface area (Å²) in [4.78, 5) is 4.27. The summed E-state index contributed by atoms with van der Waals surface area (Å²) < 4.78 is 5.92. The standard InChI is InChI=1S/C16H20N2O/c1-12-7-8-15(13(2)17-3)16(10-12)19-11-14-6-4-5-9-18-14/h4-10,13,17H,11H2,1-3H3. The van der Waals surface area contributed by atoms with E-state index in [-0.39, 0.29) is 6.04 Å². The molecule has 3 heteroatoms. The first-order valence-electron chi connectivity index (χ1n) is 6.51. The molecular weight excluding hydrogens is 236 g/mol. The summed E-state index contributed by atoms with van der Waals surface area (Å²) >= 11 is 0. The lowest BCUT2D eigenvalue weighted by molar-refractivity contribution is 0.295.